The molecule has 1 aliphatic rings. The molecule has 0 aliphatic carbocycles. The number of hydrogen-bond acceptors (Lipinski definition) is 7. The third kappa shape index (κ3) is 2.66. The van der Waals surface area contributed by atoms with Crippen molar-refractivity contribution in [1.82, 2.24) is 9.13 Å². The maximum Gasteiger partial charge on any atom is 0.337 e. The monoisotopic (exact) mass is 312 g/mol. The molecule has 9 heteroatoms. The molecule has 120 valence electrons. The van der Waals surface area contributed by atoms with Crippen LogP contribution in [-0.4, -0.2) is 55.7 Å². The lowest BCUT2D eigenvalue weighted by Crippen LogP contribution is -2.42. The van der Waals surface area contributed by atoms with Crippen molar-refractivity contribution >= 4 is 12.5 Å². The Bertz CT molecular complexity index is 705. The number of carbonyl (C=O) groups is 1. The molecule has 9 nitrogen and oxygen atoms in total. The average molecular weight is 312 g/mol. The Balaban J connectivity index is 2.55. The lowest BCUT2D eigenvalue weighted by Gasteiger charge is -2.18. The highest BCUT2D eigenvalue weighted by atomic mass is 16.6. The molecule has 2 heterocycles. The van der Waals surface area contributed by atoms with Gasteiger partial charge in [0.25, 0.3) is 5.56 Å². The van der Waals surface area contributed by atoms with Gasteiger partial charge in [-0.2, -0.15) is 0 Å². The fourth-order valence-electron chi connectivity index (χ4n) is 2.27. The summed E-state index contributed by atoms with van der Waals surface area (Å²) in [7, 11) is 0. The van der Waals surface area contributed by atoms with Crippen LogP contribution in [0.2, 0.25) is 0 Å². The zero-order valence-corrected chi connectivity index (χ0v) is 11.7. The summed E-state index contributed by atoms with van der Waals surface area (Å²) in [5.41, 5.74) is -1.29. The summed E-state index contributed by atoms with van der Waals surface area (Å²) in [5.74, 6) is 0. The first-order chi connectivity index (χ1) is 10.4. The highest BCUT2D eigenvalue weighted by molar-refractivity contribution is 5.69. The first-order valence-electron chi connectivity index (χ1n) is 6.51. The number of aryl methyl sites for hydroxylation is 1. The number of carbonyl (C=O) groups excluding carboxylic acids is 1. The average Bonchev–Trinajstić information content (AvgIpc) is 2.79. The van der Waals surface area contributed by atoms with E-state index in [1.54, 1.807) is 0 Å². The maximum atomic E-state index is 12.3. The molecule has 0 amide bonds. The van der Waals surface area contributed by atoms with Crippen molar-refractivity contribution in [3.05, 3.63) is 38.7 Å². The van der Waals surface area contributed by atoms with E-state index >= 15 is 0 Å². The van der Waals surface area contributed by atoms with E-state index in [0.717, 1.165) is 16.8 Å². The van der Waals surface area contributed by atoms with Crippen LogP contribution in [0.4, 0.5) is 0 Å². The predicted molar refractivity (Wildman–Crippen MR) is 74.1 cm³/mol. The predicted octanol–water partition coefficient (Wildman–Crippen LogP) is -2.40. The Morgan fingerprint density at radius 2 is 2.00 bits per heavy atom. The van der Waals surface area contributed by atoms with E-state index in [2.05, 4.69) is 0 Å². The molecule has 1 aromatic rings. The van der Waals surface area contributed by atoms with Crippen molar-refractivity contribution in [1.29, 1.82) is 0 Å². The minimum atomic E-state index is -1.45. The SMILES string of the molecule is Cc1cn([C@@H]2O[C@H](CO)[C@@H](O)[C@@H]2O)c(=O)n(/C=C/C=O)c1=O. The topological polar surface area (TPSA) is 131 Å². The van der Waals surface area contributed by atoms with Crippen LogP contribution in [0.15, 0.2) is 21.9 Å². The van der Waals surface area contributed by atoms with Crippen LogP contribution >= 0.6 is 0 Å². The highest BCUT2D eigenvalue weighted by Crippen LogP contribution is 2.27. The summed E-state index contributed by atoms with van der Waals surface area (Å²) in [4.78, 5) is 34.6. The standard InChI is InChI=1S/C13H16N2O7/c1-7-5-15(12-10(19)9(18)8(6-17)22-12)13(21)14(11(7)20)3-2-4-16/h2-5,8-10,12,17-19H,6H2,1H3/b3-2+/t8-,9-,10+,12-/m1/s1. The first-order valence-corrected chi connectivity index (χ1v) is 6.51. The summed E-state index contributed by atoms with van der Waals surface area (Å²) in [6.45, 7) is 0.915. The zero-order valence-electron chi connectivity index (χ0n) is 11.7. The van der Waals surface area contributed by atoms with E-state index in [1.165, 1.54) is 13.1 Å². The maximum absolute atomic E-state index is 12.3. The molecule has 22 heavy (non-hydrogen) atoms. The number of nitrogens with zero attached hydrogens (tertiary/aromatic N) is 2. The van der Waals surface area contributed by atoms with E-state index in [9.17, 15) is 24.6 Å². The molecule has 1 saturated heterocycles. The third-order valence-corrected chi connectivity index (χ3v) is 3.42. The van der Waals surface area contributed by atoms with Gasteiger partial charge in [-0.05, 0) is 13.0 Å². The summed E-state index contributed by atoms with van der Waals surface area (Å²) in [6, 6.07) is 0. The molecule has 1 aromatic heterocycles. The van der Waals surface area contributed by atoms with Gasteiger partial charge in [0.05, 0.1) is 6.61 Å². The van der Waals surface area contributed by atoms with Crippen molar-refractivity contribution < 1.29 is 24.9 Å². The molecule has 0 radical (unpaired) electrons. The highest BCUT2D eigenvalue weighted by Gasteiger charge is 2.43. The second-order valence-electron chi connectivity index (χ2n) is 4.88. The van der Waals surface area contributed by atoms with Gasteiger partial charge in [-0.1, -0.05) is 0 Å². The van der Waals surface area contributed by atoms with Gasteiger partial charge in [0.1, 0.15) is 24.6 Å². The molecule has 3 N–H and O–H groups in total. The number of allylic oxidation sites excluding steroid dienone is 1. The van der Waals surface area contributed by atoms with Gasteiger partial charge in [-0.3, -0.25) is 14.2 Å². The molecule has 4 atom stereocenters. The normalized spacial score (nSPS) is 28.4. The van der Waals surface area contributed by atoms with Crippen LogP contribution in [-0.2, 0) is 9.53 Å². The molecule has 0 aromatic carbocycles. The van der Waals surface area contributed by atoms with Crippen LogP contribution in [0.5, 0.6) is 0 Å². The van der Waals surface area contributed by atoms with Crippen molar-refractivity contribution in [2.24, 2.45) is 0 Å². The lowest BCUT2D eigenvalue weighted by molar-refractivity contribution is -0.104. The van der Waals surface area contributed by atoms with Crippen molar-refractivity contribution in [2.75, 3.05) is 6.61 Å². The minimum absolute atomic E-state index is 0.174. The van der Waals surface area contributed by atoms with Crippen molar-refractivity contribution in [3.8, 4) is 0 Å². The second-order valence-corrected chi connectivity index (χ2v) is 4.88. The fourth-order valence-corrected chi connectivity index (χ4v) is 2.27. The number of aromatic nitrogens is 2. The molecule has 2 rings (SSSR count). The summed E-state index contributed by atoms with van der Waals surface area (Å²) < 4.78 is 6.89. The second kappa shape index (κ2) is 6.36. The lowest BCUT2D eigenvalue weighted by atomic mass is 10.1. The quantitative estimate of drug-likeness (QED) is 0.417. The van der Waals surface area contributed by atoms with Crippen LogP contribution in [0.25, 0.3) is 6.20 Å². The van der Waals surface area contributed by atoms with E-state index in [-0.39, 0.29) is 5.56 Å². The Morgan fingerprint density at radius 3 is 2.55 bits per heavy atom. The van der Waals surface area contributed by atoms with E-state index < -0.39 is 42.4 Å². The number of aliphatic hydroxyl groups excluding tert-OH is 3. The summed E-state index contributed by atoms with van der Waals surface area (Å²) in [5, 5.41) is 28.8. The van der Waals surface area contributed by atoms with Crippen LogP contribution in [0, 0.1) is 6.92 Å². The molecule has 0 bridgehead atoms. The Hall–Kier alpha value is -2.07. The van der Waals surface area contributed by atoms with Crippen LogP contribution in [0.3, 0.4) is 0 Å². The van der Waals surface area contributed by atoms with E-state index in [1.807, 2.05) is 0 Å². The molecule has 0 spiro atoms. The molecule has 0 saturated carbocycles. The number of rotatable bonds is 4. The zero-order chi connectivity index (χ0) is 16.4. The molecular weight excluding hydrogens is 296 g/mol. The Kier molecular flexibility index (Phi) is 4.71. The number of hydrogen-bond donors (Lipinski definition) is 3. The Labute approximate surface area is 124 Å². The van der Waals surface area contributed by atoms with Gasteiger partial charge in [0.2, 0.25) is 0 Å². The molecule has 1 aliphatic heterocycles. The fraction of sp³-hybridized carbons (Fsp3) is 0.462. The van der Waals surface area contributed by atoms with Crippen molar-refractivity contribution in [2.45, 2.75) is 31.5 Å². The molecule has 0 unspecified atom stereocenters. The largest absolute Gasteiger partial charge is 0.394 e. The van der Waals surface area contributed by atoms with Crippen LogP contribution in [0.1, 0.15) is 11.8 Å². The molecule has 1 fully saturated rings. The smallest absolute Gasteiger partial charge is 0.337 e. The van der Waals surface area contributed by atoms with Gasteiger partial charge < -0.3 is 20.1 Å². The van der Waals surface area contributed by atoms with Gasteiger partial charge in [-0.25, -0.2) is 9.36 Å². The number of aliphatic hydroxyl groups is 3. The van der Waals surface area contributed by atoms with Crippen LogP contribution < -0.4 is 11.2 Å². The van der Waals surface area contributed by atoms with Gasteiger partial charge in [-0.15, -0.1) is 0 Å². The Morgan fingerprint density at radius 1 is 1.32 bits per heavy atom. The number of ether oxygens (including phenoxy) is 1. The third-order valence-electron chi connectivity index (χ3n) is 3.42. The van der Waals surface area contributed by atoms with Gasteiger partial charge >= 0.3 is 5.69 Å². The summed E-state index contributed by atoms with van der Waals surface area (Å²) >= 11 is 0. The van der Waals surface area contributed by atoms with Gasteiger partial charge in [0, 0.05) is 18.0 Å². The first kappa shape index (κ1) is 16.3. The van der Waals surface area contributed by atoms with E-state index in [4.69, 9.17) is 9.84 Å². The minimum Gasteiger partial charge on any atom is -0.394 e. The summed E-state index contributed by atoms with van der Waals surface area (Å²) in [6.07, 6.45) is -1.54. The van der Waals surface area contributed by atoms with Gasteiger partial charge in [0.15, 0.2) is 6.23 Å². The number of aldehydes is 1. The molecular formula is C13H16N2O7. The van der Waals surface area contributed by atoms with E-state index in [0.29, 0.717) is 10.9 Å². The van der Waals surface area contributed by atoms with Crippen molar-refractivity contribution in [3.63, 3.8) is 0 Å².